The molecule has 2 unspecified atom stereocenters. The highest BCUT2D eigenvalue weighted by Gasteiger charge is 2.50. The molecule has 1 amide bonds. The van der Waals surface area contributed by atoms with E-state index in [-0.39, 0.29) is 22.5 Å². The first kappa shape index (κ1) is 17.5. The fourth-order valence-electron chi connectivity index (χ4n) is 4.91. The number of benzene rings is 1. The van der Waals surface area contributed by atoms with E-state index in [9.17, 15) is 13.2 Å². The number of likely N-dealkylation sites (tertiary alicyclic amines) is 1. The average Bonchev–Trinajstić information content (AvgIpc) is 2.66. The number of sulfone groups is 1. The van der Waals surface area contributed by atoms with Gasteiger partial charge < -0.3 is 4.90 Å². The summed E-state index contributed by atoms with van der Waals surface area (Å²) in [5.41, 5.74) is 1.88. The van der Waals surface area contributed by atoms with Gasteiger partial charge in [-0.25, -0.2) is 8.42 Å². The SMILES string of the molecule is CC1(C)CC2CC(C)(CN2C(=O)c2ccc(CS(C)(=O)=O)cc2)C1. The molecule has 1 aliphatic carbocycles. The first-order valence-electron chi connectivity index (χ1n) is 8.54. The van der Waals surface area contributed by atoms with Crippen molar-refractivity contribution in [1.82, 2.24) is 4.90 Å². The van der Waals surface area contributed by atoms with Crippen LogP contribution in [0, 0.1) is 10.8 Å². The van der Waals surface area contributed by atoms with E-state index in [1.165, 1.54) is 6.26 Å². The Morgan fingerprint density at radius 1 is 1.17 bits per heavy atom. The molecule has 2 bridgehead atoms. The minimum atomic E-state index is -3.05. The maximum absolute atomic E-state index is 12.9. The Labute approximate surface area is 145 Å². The number of carbonyl (C=O) groups excluding carboxylic acids is 1. The molecule has 2 aliphatic rings. The van der Waals surface area contributed by atoms with Crippen LogP contribution in [0.5, 0.6) is 0 Å². The van der Waals surface area contributed by atoms with Gasteiger partial charge in [0.1, 0.15) is 0 Å². The summed E-state index contributed by atoms with van der Waals surface area (Å²) < 4.78 is 22.7. The summed E-state index contributed by atoms with van der Waals surface area (Å²) in [5, 5.41) is 0. The third-order valence-corrected chi connectivity index (χ3v) is 6.16. The zero-order valence-corrected chi connectivity index (χ0v) is 15.8. The Hall–Kier alpha value is -1.36. The summed E-state index contributed by atoms with van der Waals surface area (Å²) in [4.78, 5) is 15.0. The predicted molar refractivity (Wildman–Crippen MR) is 95.6 cm³/mol. The molecule has 0 spiro atoms. The van der Waals surface area contributed by atoms with Crippen LogP contribution in [-0.4, -0.2) is 38.1 Å². The second-order valence-corrected chi connectivity index (χ2v) is 11.1. The Morgan fingerprint density at radius 2 is 1.79 bits per heavy atom. The van der Waals surface area contributed by atoms with Crippen molar-refractivity contribution in [1.29, 1.82) is 0 Å². The van der Waals surface area contributed by atoms with Crippen molar-refractivity contribution in [2.24, 2.45) is 10.8 Å². The van der Waals surface area contributed by atoms with Crippen LogP contribution in [0.3, 0.4) is 0 Å². The third kappa shape index (κ3) is 3.66. The molecule has 24 heavy (non-hydrogen) atoms. The van der Waals surface area contributed by atoms with E-state index in [1.807, 2.05) is 4.90 Å². The predicted octanol–water partition coefficient (Wildman–Crippen LogP) is 3.27. The molecule has 0 aromatic heterocycles. The zero-order chi connectivity index (χ0) is 17.8. The molecule has 1 aliphatic heterocycles. The minimum Gasteiger partial charge on any atom is -0.335 e. The van der Waals surface area contributed by atoms with E-state index >= 15 is 0 Å². The molecule has 1 heterocycles. The molecule has 1 saturated heterocycles. The van der Waals surface area contributed by atoms with Gasteiger partial charge in [-0.2, -0.15) is 0 Å². The van der Waals surface area contributed by atoms with E-state index in [0.29, 0.717) is 11.6 Å². The fourth-order valence-corrected chi connectivity index (χ4v) is 5.71. The van der Waals surface area contributed by atoms with E-state index in [2.05, 4.69) is 20.8 Å². The second kappa shape index (κ2) is 5.58. The number of carbonyl (C=O) groups is 1. The molecule has 5 heteroatoms. The average molecular weight is 349 g/mol. The molecule has 4 nitrogen and oxygen atoms in total. The van der Waals surface area contributed by atoms with Gasteiger partial charge >= 0.3 is 0 Å². The molecule has 1 aromatic rings. The summed E-state index contributed by atoms with van der Waals surface area (Å²) in [7, 11) is -3.05. The Bertz CT molecular complexity index is 751. The van der Waals surface area contributed by atoms with Crippen molar-refractivity contribution in [3.05, 3.63) is 35.4 Å². The van der Waals surface area contributed by atoms with Gasteiger partial charge in [-0.3, -0.25) is 4.79 Å². The van der Waals surface area contributed by atoms with Gasteiger partial charge in [-0.05, 0) is 47.8 Å². The number of amides is 1. The van der Waals surface area contributed by atoms with Crippen LogP contribution in [-0.2, 0) is 15.6 Å². The van der Waals surface area contributed by atoms with Gasteiger partial charge in [0.25, 0.3) is 5.91 Å². The normalized spacial score (nSPS) is 28.8. The summed E-state index contributed by atoms with van der Waals surface area (Å²) in [6.07, 6.45) is 4.53. The van der Waals surface area contributed by atoms with Gasteiger partial charge in [0.05, 0.1) is 5.75 Å². The summed E-state index contributed by atoms with van der Waals surface area (Å²) in [6, 6.07) is 7.35. The van der Waals surface area contributed by atoms with Crippen molar-refractivity contribution in [3.8, 4) is 0 Å². The lowest BCUT2D eigenvalue weighted by atomic mass is 9.65. The number of hydrogen-bond donors (Lipinski definition) is 0. The van der Waals surface area contributed by atoms with Crippen LogP contribution < -0.4 is 0 Å². The number of fused-ring (bicyclic) bond motifs is 2. The summed E-state index contributed by atoms with van der Waals surface area (Å²) in [6.45, 7) is 7.71. The summed E-state index contributed by atoms with van der Waals surface area (Å²) >= 11 is 0. The Balaban J connectivity index is 1.78. The van der Waals surface area contributed by atoms with Gasteiger partial charge in [-0.1, -0.05) is 32.9 Å². The molecule has 0 N–H and O–H groups in total. The van der Waals surface area contributed by atoms with Crippen molar-refractivity contribution >= 4 is 15.7 Å². The zero-order valence-electron chi connectivity index (χ0n) is 15.0. The van der Waals surface area contributed by atoms with Crippen LogP contribution in [0.15, 0.2) is 24.3 Å². The van der Waals surface area contributed by atoms with Crippen molar-refractivity contribution in [3.63, 3.8) is 0 Å². The van der Waals surface area contributed by atoms with E-state index < -0.39 is 9.84 Å². The fraction of sp³-hybridized carbons (Fsp3) is 0.632. The van der Waals surface area contributed by atoms with Crippen LogP contribution in [0.2, 0.25) is 0 Å². The first-order valence-corrected chi connectivity index (χ1v) is 10.6. The highest BCUT2D eigenvalue weighted by atomic mass is 32.2. The van der Waals surface area contributed by atoms with Crippen LogP contribution >= 0.6 is 0 Å². The van der Waals surface area contributed by atoms with Crippen molar-refractivity contribution in [2.75, 3.05) is 12.8 Å². The maximum atomic E-state index is 12.9. The molecular formula is C19H27NO3S. The van der Waals surface area contributed by atoms with Crippen LogP contribution in [0.25, 0.3) is 0 Å². The highest BCUT2D eigenvalue weighted by Crippen LogP contribution is 2.52. The number of nitrogens with zero attached hydrogens (tertiary/aromatic N) is 1. The lowest BCUT2D eigenvalue weighted by Crippen LogP contribution is -2.37. The lowest BCUT2D eigenvalue weighted by molar-refractivity contribution is 0.0708. The molecule has 0 radical (unpaired) electrons. The molecule has 1 aromatic carbocycles. The summed E-state index contributed by atoms with van der Waals surface area (Å²) in [5.74, 6) is 0.0902. The lowest BCUT2D eigenvalue weighted by Gasteiger charge is -2.39. The van der Waals surface area contributed by atoms with E-state index in [4.69, 9.17) is 0 Å². The standard InChI is InChI=1S/C19H27NO3S/c1-18(2)9-16-10-19(3,12-18)13-20(16)17(21)15-7-5-14(6-8-15)11-24(4,22)23/h5-8,16H,9-13H2,1-4H3. The monoisotopic (exact) mass is 349 g/mol. The van der Waals surface area contributed by atoms with E-state index in [1.54, 1.807) is 24.3 Å². The maximum Gasteiger partial charge on any atom is 0.254 e. The molecule has 2 atom stereocenters. The van der Waals surface area contributed by atoms with E-state index in [0.717, 1.165) is 31.4 Å². The van der Waals surface area contributed by atoms with Crippen LogP contribution in [0.1, 0.15) is 56.0 Å². The Kier molecular flexibility index (Phi) is 4.06. The molecule has 2 fully saturated rings. The van der Waals surface area contributed by atoms with Gasteiger partial charge in [0.15, 0.2) is 9.84 Å². The molecule has 1 saturated carbocycles. The van der Waals surface area contributed by atoms with Gasteiger partial charge in [-0.15, -0.1) is 0 Å². The topological polar surface area (TPSA) is 54.5 Å². The smallest absolute Gasteiger partial charge is 0.254 e. The molecule has 3 rings (SSSR count). The number of rotatable bonds is 3. The van der Waals surface area contributed by atoms with Gasteiger partial charge in [0.2, 0.25) is 0 Å². The first-order chi connectivity index (χ1) is 11.0. The second-order valence-electron chi connectivity index (χ2n) is 8.91. The number of hydrogen-bond acceptors (Lipinski definition) is 3. The molecule has 132 valence electrons. The minimum absolute atomic E-state index is 0.0140. The van der Waals surface area contributed by atoms with Crippen molar-refractivity contribution < 1.29 is 13.2 Å². The van der Waals surface area contributed by atoms with Crippen LogP contribution in [0.4, 0.5) is 0 Å². The van der Waals surface area contributed by atoms with Gasteiger partial charge in [0, 0.05) is 24.4 Å². The Morgan fingerprint density at radius 3 is 2.38 bits per heavy atom. The molecular weight excluding hydrogens is 322 g/mol. The largest absolute Gasteiger partial charge is 0.335 e. The third-order valence-electron chi connectivity index (χ3n) is 5.31. The quantitative estimate of drug-likeness (QED) is 0.841. The highest BCUT2D eigenvalue weighted by molar-refractivity contribution is 7.89. The van der Waals surface area contributed by atoms with Crippen molar-refractivity contribution in [2.45, 2.75) is 51.8 Å².